The van der Waals surface area contributed by atoms with Crippen LogP contribution in [0, 0.1) is 0 Å². The van der Waals surface area contributed by atoms with Gasteiger partial charge in [0.15, 0.2) is 0 Å². The molecule has 144 valence electrons. The van der Waals surface area contributed by atoms with E-state index in [0.717, 1.165) is 16.7 Å². The van der Waals surface area contributed by atoms with Gasteiger partial charge < -0.3 is 9.84 Å². The highest BCUT2D eigenvalue weighted by Crippen LogP contribution is 2.37. The van der Waals surface area contributed by atoms with Gasteiger partial charge in [0.05, 0.1) is 5.54 Å². The van der Waals surface area contributed by atoms with E-state index in [0.29, 0.717) is 13.0 Å². The molecule has 4 nitrogen and oxygen atoms in total. The van der Waals surface area contributed by atoms with Crippen molar-refractivity contribution in [3.63, 3.8) is 0 Å². The number of carbonyl (C=O) groups is 1. The van der Waals surface area contributed by atoms with Crippen molar-refractivity contribution in [3.8, 4) is 0 Å². The minimum absolute atomic E-state index is 0.360. The van der Waals surface area contributed by atoms with Crippen LogP contribution in [0.1, 0.15) is 23.1 Å². The molecule has 0 saturated carbocycles. The molecule has 0 saturated heterocycles. The van der Waals surface area contributed by atoms with Crippen LogP contribution in [0.15, 0.2) is 91.0 Å². The zero-order valence-electron chi connectivity index (χ0n) is 15.9. The van der Waals surface area contributed by atoms with Crippen LogP contribution < -0.4 is 5.32 Å². The third-order valence-corrected chi connectivity index (χ3v) is 4.92. The van der Waals surface area contributed by atoms with Crippen molar-refractivity contribution in [1.82, 2.24) is 5.32 Å². The summed E-state index contributed by atoms with van der Waals surface area (Å²) in [5.41, 5.74) is 2.14. The maximum Gasteiger partial charge on any atom is 0.320 e. The second-order valence-electron chi connectivity index (χ2n) is 6.66. The maximum absolute atomic E-state index is 12.1. The van der Waals surface area contributed by atoms with Gasteiger partial charge in [-0.1, -0.05) is 91.0 Å². The molecule has 0 bridgehead atoms. The van der Waals surface area contributed by atoms with Crippen molar-refractivity contribution in [3.05, 3.63) is 108 Å². The summed E-state index contributed by atoms with van der Waals surface area (Å²) in [6.07, 6.45) is 0.361. The van der Waals surface area contributed by atoms with Crippen LogP contribution in [0.5, 0.6) is 0 Å². The highest BCUT2D eigenvalue weighted by atomic mass is 16.5. The first kappa shape index (κ1) is 19.8. The van der Waals surface area contributed by atoms with Gasteiger partial charge in [0, 0.05) is 13.7 Å². The van der Waals surface area contributed by atoms with E-state index in [4.69, 9.17) is 4.74 Å². The molecule has 0 aliphatic carbocycles. The predicted octanol–water partition coefficient (Wildman–Crippen LogP) is 4.06. The third-order valence-electron chi connectivity index (χ3n) is 4.92. The van der Waals surface area contributed by atoms with E-state index in [2.05, 4.69) is 5.32 Å². The van der Waals surface area contributed by atoms with E-state index in [9.17, 15) is 9.90 Å². The van der Waals surface area contributed by atoms with Crippen molar-refractivity contribution in [2.75, 3.05) is 13.7 Å². The van der Waals surface area contributed by atoms with Crippen LogP contribution >= 0.6 is 0 Å². The maximum atomic E-state index is 12.1. The Morgan fingerprint density at radius 1 is 0.857 bits per heavy atom. The molecule has 3 rings (SSSR count). The van der Waals surface area contributed by atoms with Gasteiger partial charge in [-0.15, -0.1) is 0 Å². The van der Waals surface area contributed by atoms with Gasteiger partial charge in [0.2, 0.25) is 0 Å². The lowest BCUT2D eigenvalue weighted by molar-refractivity contribution is -0.140. The van der Waals surface area contributed by atoms with Crippen LogP contribution in [-0.2, 0) is 15.1 Å². The predicted molar refractivity (Wildman–Crippen MR) is 110 cm³/mol. The fourth-order valence-electron chi connectivity index (χ4n) is 3.57. The number of carboxylic acids is 1. The molecule has 4 heteroatoms. The molecule has 3 aromatic rings. The zero-order chi connectivity index (χ0) is 19.8. The molecule has 0 spiro atoms. The Kier molecular flexibility index (Phi) is 6.58. The zero-order valence-corrected chi connectivity index (χ0v) is 15.9. The van der Waals surface area contributed by atoms with Crippen molar-refractivity contribution in [1.29, 1.82) is 0 Å². The number of benzene rings is 3. The third kappa shape index (κ3) is 4.14. The molecule has 0 heterocycles. The van der Waals surface area contributed by atoms with Gasteiger partial charge in [-0.3, -0.25) is 10.1 Å². The van der Waals surface area contributed by atoms with Gasteiger partial charge >= 0.3 is 5.97 Å². The second kappa shape index (κ2) is 9.31. The summed E-state index contributed by atoms with van der Waals surface area (Å²) in [5, 5.41) is 13.4. The molecular weight excluding hydrogens is 350 g/mol. The normalized spacial score (nSPS) is 12.5. The van der Waals surface area contributed by atoms with E-state index in [1.54, 1.807) is 7.11 Å². The Morgan fingerprint density at radius 2 is 1.25 bits per heavy atom. The van der Waals surface area contributed by atoms with Crippen molar-refractivity contribution < 1.29 is 14.6 Å². The lowest BCUT2D eigenvalue weighted by Gasteiger charge is -2.39. The quantitative estimate of drug-likeness (QED) is 0.554. The summed E-state index contributed by atoms with van der Waals surface area (Å²) in [7, 11) is 1.58. The van der Waals surface area contributed by atoms with Gasteiger partial charge in [0.25, 0.3) is 0 Å². The standard InChI is InChI=1S/C24H25NO3/c1-28-18-17-22(23(26)27)25-24(19-11-5-2-6-12-19,20-13-7-3-8-14-20)21-15-9-4-10-16-21/h2-16,22,25H,17-18H2,1H3,(H,26,27)/t22-/m1/s1. The topological polar surface area (TPSA) is 58.6 Å². The number of ether oxygens (including phenoxy) is 1. The molecule has 3 aromatic carbocycles. The van der Waals surface area contributed by atoms with Crippen LogP contribution in [0.4, 0.5) is 0 Å². The average Bonchev–Trinajstić information content (AvgIpc) is 2.76. The van der Waals surface area contributed by atoms with Crippen LogP contribution in [-0.4, -0.2) is 30.8 Å². The summed E-state index contributed by atoms with van der Waals surface area (Å²) < 4.78 is 5.15. The monoisotopic (exact) mass is 375 g/mol. The molecule has 0 amide bonds. The first-order valence-electron chi connectivity index (χ1n) is 9.34. The van der Waals surface area contributed by atoms with Crippen molar-refractivity contribution in [2.45, 2.75) is 18.0 Å². The lowest BCUT2D eigenvalue weighted by Crippen LogP contribution is -2.52. The lowest BCUT2D eigenvalue weighted by atomic mass is 9.76. The number of carboxylic acid groups (broad SMARTS) is 1. The number of aliphatic carboxylic acids is 1. The Labute approximate surface area is 165 Å². The van der Waals surface area contributed by atoms with E-state index < -0.39 is 17.6 Å². The average molecular weight is 375 g/mol. The van der Waals surface area contributed by atoms with Gasteiger partial charge in [-0.25, -0.2) is 0 Å². The number of hydrogen-bond acceptors (Lipinski definition) is 3. The number of methoxy groups -OCH3 is 1. The smallest absolute Gasteiger partial charge is 0.320 e. The molecule has 0 aliphatic rings. The number of nitrogens with one attached hydrogen (secondary N) is 1. The van der Waals surface area contributed by atoms with Gasteiger partial charge in [0.1, 0.15) is 6.04 Å². The molecule has 0 radical (unpaired) electrons. The first-order chi connectivity index (χ1) is 13.7. The van der Waals surface area contributed by atoms with Gasteiger partial charge in [-0.2, -0.15) is 0 Å². The fourth-order valence-corrected chi connectivity index (χ4v) is 3.57. The van der Waals surface area contributed by atoms with E-state index in [1.165, 1.54) is 0 Å². The Balaban J connectivity index is 2.23. The molecule has 0 aliphatic heterocycles. The highest BCUT2D eigenvalue weighted by Gasteiger charge is 2.39. The Morgan fingerprint density at radius 3 is 1.57 bits per heavy atom. The molecule has 28 heavy (non-hydrogen) atoms. The molecular formula is C24H25NO3. The summed E-state index contributed by atoms with van der Waals surface area (Å²) in [6.45, 7) is 0.360. The van der Waals surface area contributed by atoms with E-state index in [-0.39, 0.29) is 0 Å². The number of rotatable bonds is 9. The molecule has 1 atom stereocenters. The SMILES string of the molecule is COCC[C@@H](NC(c1ccccc1)(c1ccccc1)c1ccccc1)C(=O)O. The van der Waals surface area contributed by atoms with Crippen molar-refractivity contribution in [2.24, 2.45) is 0 Å². The second-order valence-corrected chi connectivity index (χ2v) is 6.66. The molecule has 0 aromatic heterocycles. The Hall–Kier alpha value is -2.95. The highest BCUT2D eigenvalue weighted by molar-refractivity contribution is 5.74. The van der Waals surface area contributed by atoms with E-state index >= 15 is 0 Å². The van der Waals surface area contributed by atoms with Crippen LogP contribution in [0.3, 0.4) is 0 Å². The van der Waals surface area contributed by atoms with Crippen molar-refractivity contribution >= 4 is 5.97 Å². The van der Waals surface area contributed by atoms with Crippen LogP contribution in [0.2, 0.25) is 0 Å². The number of hydrogen-bond donors (Lipinski definition) is 2. The molecule has 0 unspecified atom stereocenters. The van der Waals surface area contributed by atoms with Gasteiger partial charge in [-0.05, 0) is 23.1 Å². The van der Waals surface area contributed by atoms with Crippen LogP contribution in [0.25, 0.3) is 0 Å². The molecule has 0 fully saturated rings. The van der Waals surface area contributed by atoms with E-state index in [1.807, 2.05) is 91.0 Å². The largest absolute Gasteiger partial charge is 0.480 e. The minimum Gasteiger partial charge on any atom is -0.480 e. The minimum atomic E-state index is -0.899. The summed E-state index contributed by atoms with van der Waals surface area (Å²) >= 11 is 0. The summed E-state index contributed by atoms with van der Waals surface area (Å²) in [6, 6.07) is 29.1. The molecule has 2 N–H and O–H groups in total. The summed E-state index contributed by atoms with van der Waals surface area (Å²) in [5.74, 6) is -0.899. The Bertz CT molecular complexity index is 769. The fraction of sp³-hybridized carbons (Fsp3) is 0.208. The summed E-state index contributed by atoms with van der Waals surface area (Å²) in [4.78, 5) is 12.1. The first-order valence-corrected chi connectivity index (χ1v) is 9.34.